The molecule has 0 aliphatic heterocycles. The molecule has 0 radical (unpaired) electrons. The first-order chi connectivity index (χ1) is 43.5. The van der Waals surface area contributed by atoms with Crippen molar-refractivity contribution in [3.8, 4) is 80.0 Å². The van der Waals surface area contributed by atoms with Gasteiger partial charge in [0.25, 0.3) is 11.8 Å². The first-order valence-corrected chi connectivity index (χ1v) is 30.6. The van der Waals surface area contributed by atoms with Gasteiger partial charge in [0.1, 0.15) is 57.8 Å². The van der Waals surface area contributed by atoms with Gasteiger partial charge in [-0.25, -0.2) is 19.9 Å². The molecular formula is C68H84N14O8. The second-order valence-electron chi connectivity index (χ2n) is 23.7. The number of fused-ring (bicyclic) bond motifs is 4. The molecule has 0 fully saturated rings. The normalized spacial score (nSPS) is 11.8. The maximum atomic E-state index is 14.0. The van der Waals surface area contributed by atoms with Crippen molar-refractivity contribution in [1.82, 2.24) is 69.3 Å². The molecule has 0 unspecified atom stereocenters. The molecule has 22 heteroatoms. The summed E-state index contributed by atoms with van der Waals surface area (Å²) >= 11 is 0. The zero-order chi connectivity index (χ0) is 63.3. The van der Waals surface area contributed by atoms with E-state index < -0.39 is 0 Å². The molecule has 0 saturated heterocycles. The minimum atomic E-state index is -0.296. The van der Waals surface area contributed by atoms with Crippen LogP contribution in [0.3, 0.4) is 0 Å². The molecule has 0 aliphatic carbocycles. The van der Waals surface area contributed by atoms with Gasteiger partial charge in [-0.2, -0.15) is 0 Å². The van der Waals surface area contributed by atoms with Crippen LogP contribution in [-0.4, -0.2) is 230 Å². The van der Waals surface area contributed by atoms with E-state index >= 15 is 0 Å². The van der Waals surface area contributed by atoms with Gasteiger partial charge in [0, 0.05) is 88.8 Å². The summed E-state index contributed by atoms with van der Waals surface area (Å²) < 4.78 is 37.2. The smallest absolute Gasteiger partial charge is 0.260 e. The van der Waals surface area contributed by atoms with Crippen LogP contribution in [0.2, 0.25) is 0 Å². The molecule has 6 aromatic carbocycles. The molecule has 0 saturated carbocycles. The molecule has 4 heterocycles. The third-order valence-electron chi connectivity index (χ3n) is 15.2. The number of ether oxygens (including phenoxy) is 6. The lowest BCUT2D eigenvalue weighted by Gasteiger charge is -2.23. The van der Waals surface area contributed by atoms with E-state index in [9.17, 15) is 9.59 Å². The van der Waals surface area contributed by atoms with E-state index in [2.05, 4.69) is 39.5 Å². The third-order valence-corrected chi connectivity index (χ3v) is 15.2. The lowest BCUT2D eigenvalue weighted by molar-refractivity contribution is -0.135. The van der Waals surface area contributed by atoms with Crippen molar-refractivity contribution in [2.24, 2.45) is 0 Å². The molecule has 90 heavy (non-hydrogen) atoms. The number of benzene rings is 6. The highest BCUT2D eigenvalue weighted by Crippen LogP contribution is 2.37. The number of nitrogens with one attached hydrogen (secondary N) is 4. The summed E-state index contributed by atoms with van der Waals surface area (Å²) in [5.41, 5.74) is 9.08. The number of imidazole rings is 4. The Hall–Kier alpha value is -9.22. The van der Waals surface area contributed by atoms with E-state index in [-0.39, 0.29) is 38.1 Å². The van der Waals surface area contributed by atoms with Gasteiger partial charge < -0.3 is 77.8 Å². The van der Waals surface area contributed by atoms with Crippen molar-refractivity contribution in [3.05, 3.63) is 109 Å². The molecule has 4 aromatic heterocycles. The lowest BCUT2D eigenvalue weighted by atomic mass is 10.1. The molecule has 4 N–H and O–H groups in total. The van der Waals surface area contributed by atoms with E-state index in [0.717, 1.165) is 130 Å². The van der Waals surface area contributed by atoms with Crippen molar-refractivity contribution < 1.29 is 38.0 Å². The van der Waals surface area contributed by atoms with Gasteiger partial charge in [-0.3, -0.25) is 9.59 Å². The molecular weight excluding hydrogens is 1140 g/mol. The Bertz CT molecular complexity index is 3780. The fraction of sp³-hybridized carbons (Fsp3) is 0.382. The monoisotopic (exact) mass is 1220 g/mol. The van der Waals surface area contributed by atoms with Crippen LogP contribution in [0.5, 0.6) is 34.5 Å². The summed E-state index contributed by atoms with van der Waals surface area (Å²) in [7, 11) is 19.7. The van der Waals surface area contributed by atoms with Crippen LogP contribution < -0.4 is 28.4 Å². The van der Waals surface area contributed by atoms with E-state index in [1.807, 2.05) is 166 Å². The van der Waals surface area contributed by atoms with E-state index in [0.29, 0.717) is 72.4 Å². The quantitative estimate of drug-likeness (QED) is 0.0281. The number of carbonyl (C=O) groups excluding carboxylic acids is 2. The highest BCUT2D eigenvalue weighted by molar-refractivity contribution is 5.87. The van der Waals surface area contributed by atoms with Crippen LogP contribution in [-0.2, 0) is 9.59 Å². The molecule has 0 spiro atoms. The Balaban J connectivity index is 0.825. The summed E-state index contributed by atoms with van der Waals surface area (Å²) in [5, 5.41) is 0. The molecule has 22 nitrogen and oxygen atoms in total. The van der Waals surface area contributed by atoms with Gasteiger partial charge in [0.2, 0.25) is 0 Å². The second kappa shape index (κ2) is 29.9. The van der Waals surface area contributed by atoms with Crippen molar-refractivity contribution >= 4 is 55.9 Å². The van der Waals surface area contributed by atoms with Gasteiger partial charge in [0.05, 0.1) is 81.7 Å². The van der Waals surface area contributed by atoms with E-state index in [4.69, 9.17) is 48.4 Å². The Labute approximate surface area is 525 Å². The number of hydrogen-bond acceptors (Lipinski definition) is 16. The fourth-order valence-corrected chi connectivity index (χ4v) is 10.1. The lowest BCUT2D eigenvalue weighted by Crippen LogP contribution is -2.40. The van der Waals surface area contributed by atoms with Gasteiger partial charge in [-0.05, 0) is 155 Å². The summed E-state index contributed by atoms with van der Waals surface area (Å²) in [4.78, 5) is 73.2. The molecule has 10 aromatic rings. The van der Waals surface area contributed by atoms with Crippen molar-refractivity contribution in [2.75, 3.05) is 149 Å². The maximum absolute atomic E-state index is 14.0. The molecule has 474 valence electrons. The van der Waals surface area contributed by atoms with Gasteiger partial charge in [-0.1, -0.05) is 12.1 Å². The third kappa shape index (κ3) is 16.9. The molecule has 0 atom stereocenters. The minimum absolute atomic E-state index is 0.219. The van der Waals surface area contributed by atoms with Gasteiger partial charge in [-0.15, -0.1) is 0 Å². The summed E-state index contributed by atoms with van der Waals surface area (Å²) in [6.07, 6.45) is 3.59. The Morgan fingerprint density at radius 2 is 0.633 bits per heavy atom. The largest absolute Gasteiger partial charge is 0.493 e. The number of likely N-dealkylation sites (N-methyl/N-ethyl adjacent to an activating group) is 2. The number of aromatic nitrogens is 8. The Kier molecular flexibility index (Phi) is 21.2. The minimum Gasteiger partial charge on any atom is -0.493 e. The number of amides is 2. The van der Waals surface area contributed by atoms with Gasteiger partial charge in [0.15, 0.2) is 13.2 Å². The number of nitrogens with zero attached hydrogens (tertiary/aromatic N) is 10. The average Bonchev–Trinajstić information content (AvgIpc) is 1.74. The predicted octanol–water partition coefficient (Wildman–Crippen LogP) is 9.56. The number of hydrogen-bond donors (Lipinski definition) is 4. The fourth-order valence-electron chi connectivity index (χ4n) is 10.1. The summed E-state index contributed by atoms with van der Waals surface area (Å²) in [6, 6.07) is 34.7. The van der Waals surface area contributed by atoms with Crippen molar-refractivity contribution in [1.29, 1.82) is 0 Å². The van der Waals surface area contributed by atoms with E-state index in [1.165, 1.54) is 0 Å². The molecule has 0 bridgehead atoms. The number of carbonyl (C=O) groups is 2. The first-order valence-electron chi connectivity index (χ1n) is 30.6. The Morgan fingerprint density at radius 1 is 0.344 bits per heavy atom. The highest BCUT2D eigenvalue weighted by atomic mass is 16.5. The number of aromatic amines is 4. The van der Waals surface area contributed by atoms with Crippen LogP contribution in [0, 0.1) is 0 Å². The van der Waals surface area contributed by atoms with Crippen LogP contribution in [0.1, 0.15) is 25.7 Å². The summed E-state index contributed by atoms with van der Waals surface area (Å²) in [6.45, 7) is 5.91. The van der Waals surface area contributed by atoms with E-state index in [1.54, 1.807) is 23.9 Å². The van der Waals surface area contributed by atoms with Gasteiger partial charge >= 0.3 is 0 Å². The van der Waals surface area contributed by atoms with Crippen LogP contribution in [0.4, 0.5) is 0 Å². The molecule has 0 aliphatic rings. The molecule has 2 amide bonds. The van der Waals surface area contributed by atoms with Crippen LogP contribution >= 0.6 is 0 Å². The first kappa shape index (κ1) is 63.8. The SMILES string of the molecule is CN(C)CCCOc1ccc2nc(-c3ccc(-c4nc5ccc(OCCCN(C)C)cc5[nH]4)c(OCC(=O)N(C)CCN(C)C(=O)COc4cc(-c5nc6ccc(OCCCN(C)C)cc6[nH]5)ccc4-c4nc5ccc(OCCCN(C)C)cc5[nH]4)c3)[nH]c2c1. The zero-order valence-corrected chi connectivity index (χ0v) is 53.4. The summed E-state index contributed by atoms with van der Waals surface area (Å²) in [5.74, 6) is 5.59. The average molecular weight is 1230 g/mol. The van der Waals surface area contributed by atoms with Crippen LogP contribution in [0.25, 0.3) is 89.7 Å². The van der Waals surface area contributed by atoms with Crippen molar-refractivity contribution in [3.63, 3.8) is 0 Å². The van der Waals surface area contributed by atoms with Crippen molar-refractivity contribution in [2.45, 2.75) is 25.7 Å². The van der Waals surface area contributed by atoms with Crippen LogP contribution in [0.15, 0.2) is 109 Å². The Morgan fingerprint density at radius 3 is 0.933 bits per heavy atom. The number of H-pyrrole nitrogens is 4. The predicted molar refractivity (Wildman–Crippen MR) is 354 cm³/mol. The molecule has 10 rings (SSSR count). The zero-order valence-electron chi connectivity index (χ0n) is 53.4. The standard InChI is InChI=1S/C68H84N14O8/c1-77(2)27-11-33-85-47-17-23-53-57(39-47)73-65(69-53)45-15-21-51(67-71-55-25-19-49(41-59(55)75-67)87-35-13-29-79(5)6)61(37-45)89-43-63(83)81(9)31-32-82(10)64(84)44-90-62-38-46(66-70-54-24-18-48(40-58(54)74-66)86-34-12-28-78(3)4)16-22-52(62)68-72-56-26-20-50(42-60(56)76-68)88-36-14-30-80(7)8/h15-26,37-42H,11-14,27-36,43-44H2,1-10H3,(H,69,73)(H,70,74)(H,71,75)(H,72,76). The second-order valence-corrected chi connectivity index (χ2v) is 23.7. The maximum Gasteiger partial charge on any atom is 0.260 e. The highest BCUT2D eigenvalue weighted by Gasteiger charge is 2.22. The number of rotatable bonds is 33. The topological polar surface area (TPSA) is 224 Å².